The third-order valence-electron chi connectivity index (χ3n) is 5.00. The Morgan fingerprint density at radius 3 is 2.41 bits per heavy atom. The van der Waals surface area contributed by atoms with Crippen LogP contribution in [0.2, 0.25) is 0 Å². The Labute approximate surface area is 159 Å². The van der Waals surface area contributed by atoms with E-state index in [-0.39, 0.29) is 25.1 Å². The van der Waals surface area contributed by atoms with Gasteiger partial charge in [0, 0.05) is 7.05 Å². The standard InChI is InChI=1S/C21H25N3O3/c1-23-19(25)21(22)13-12-18(17-10-6-3-7-11-17)24(15-21)20(26)27-14-16-8-4-2-5-9-16/h2-11,18H,12-15,22H2,1H3,(H,23,25). The highest BCUT2D eigenvalue weighted by Gasteiger charge is 2.44. The van der Waals surface area contributed by atoms with Gasteiger partial charge < -0.3 is 15.8 Å². The minimum Gasteiger partial charge on any atom is -0.445 e. The first kappa shape index (κ1) is 18.9. The fourth-order valence-electron chi connectivity index (χ4n) is 3.49. The van der Waals surface area contributed by atoms with Crippen molar-refractivity contribution in [3.8, 4) is 0 Å². The number of hydrogen-bond acceptors (Lipinski definition) is 4. The van der Waals surface area contributed by atoms with Crippen molar-refractivity contribution in [3.05, 3.63) is 71.8 Å². The molecule has 6 nitrogen and oxygen atoms in total. The topological polar surface area (TPSA) is 84.7 Å². The SMILES string of the molecule is CNC(=O)C1(N)CCC(c2ccccc2)N(C(=O)OCc2ccccc2)C1. The number of ether oxygens (including phenoxy) is 1. The van der Waals surface area contributed by atoms with Crippen molar-refractivity contribution in [2.75, 3.05) is 13.6 Å². The van der Waals surface area contributed by atoms with E-state index in [0.717, 1.165) is 11.1 Å². The second kappa shape index (κ2) is 8.22. The minimum atomic E-state index is -1.12. The number of nitrogens with zero attached hydrogens (tertiary/aromatic N) is 1. The van der Waals surface area contributed by atoms with Crippen LogP contribution in [0.3, 0.4) is 0 Å². The second-order valence-corrected chi connectivity index (χ2v) is 6.87. The van der Waals surface area contributed by atoms with Crippen LogP contribution in [0.25, 0.3) is 0 Å². The van der Waals surface area contributed by atoms with Gasteiger partial charge in [-0.25, -0.2) is 4.79 Å². The zero-order valence-corrected chi connectivity index (χ0v) is 15.4. The van der Waals surface area contributed by atoms with Crippen molar-refractivity contribution in [1.82, 2.24) is 10.2 Å². The lowest BCUT2D eigenvalue weighted by Gasteiger charge is -2.43. The van der Waals surface area contributed by atoms with Crippen LogP contribution in [-0.4, -0.2) is 36.0 Å². The number of amides is 2. The molecular formula is C21H25N3O3. The van der Waals surface area contributed by atoms with Crippen LogP contribution in [0, 0.1) is 0 Å². The van der Waals surface area contributed by atoms with Crippen molar-refractivity contribution in [1.29, 1.82) is 0 Å². The quantitative estimate of drug-likeness (QED) is 0.870. The molecule has 2 aromatic carbocycles. The van der Waals surface area contributed by atoms with Gasteiger partial charge in [-0.1, -0.05) is 60.7 Å². The third kappa shape index (κ3) is 4.28. The predicted octanol–water partition coefficient (Wildman–Crippen LogP) is 2.60. The fourth-order valence-corrected chi connectivity index (χ4v) is 3.49. The summed E-state index contributed by atoms with van der Waals surface area (Å²) in [6.45, 7) is 0.287. The lowest BCUT2D eigenvalue weighted by Crippen LogP contribution is -2.63. The zero-order valence-electron chi connectivity index (χ0n) is 15.4. The molecule has 0 saturated carbocycles. The molecule has 0 bridgehead atoms. The van der Waals surface area contributed by atoms with E-state index < -0.39 is 11.6 Å². The first-order valence-corrected chi connectivity index (χ1v) is 9.07. The number of carbonyl (C=O) groups excluding carboxylic acids is 2. The van der Waals surface area contributed by atoms with Crippen LogP contribution >= 0.6 is 0 Å². The third-order valence-corrected chi connectivity index (χ3v) is 5.00. The average Bonchev–Trinajstić information content (AvgIpc) is 2.72. The zero-order chi connectivity index (χ0) is 19.3. The molecule has 2 aromatic rings. The number of carbonyl (C=O) groups is 2. The molecule has 1 fully saturated rings. The number of rotatable bonds is 4. The number of piperidine rings is 1. The summed E-state index contributed by atoms with van der Waals surface area (Å²) >= 11 is 0. The molecule has 1 aliphatic rings. The summed E-state index contributed by atoms with van der Waals surface area (Å²) in [5.74, 6) is -0.269. The van der Waals surface area contributed by atoms with E-state index in [2.05, 4.69) is 5.32 Å². The number of likely N-dealkylation sites (N-methyl/N-ethyl adjacent to an activating group) is 1. The van der Waals surface area contributed by atoms with Crippen LogP contribution in [0.1, 0.15) is 30.0 Å². The van der Waals surface area contributed by atoms with Gasteiger partial charge in [0.05, 0.1) is 12.6 Å². The van der Waals surface area contributed by atoms with Gasteiger partial charge in [0.1, 0.15) is 12.1 Å². The Kier molecular flexibility index (Phi) is 5.76. The van der Waals surface area contributed by atoms with Gasteiger partial charge in [0.15, 0.2) is 0 Å². The molecule has 3 N–H and O–H groups in total. The number of likely N-dealkylation sites (tertiary alicyclic amines) is 1. The molecule has 2 atom stereocenters. The highest BCUT2D eigenvalue weighted by atomic mass is 16.6. The maximum absolute atomic E-state index is 12.9. The molecule has 6 heteroatoms. The molecule has 0 spiro atoms. The molecule has 1 saturated heterocycles. The van der Waals surface area contributed by atoms with Crippen molar-refractivity contribution in [2.24, 2.45) is 5.73 Å². The largest absolute Gasteiger partial charge is 0.445 e. The normalized spacial score (nSPS) is 22.1. The number of nitrogens with two attached hydrogens (primary N) is 1. The van der Waals surface area contributed by atoms with E-state index >= 15 is 0 Å². The van der Waals surface area contributed by atoms with Crippen molar-refractivity contribution in [2.45, 2.75) is 31.0 Å². The Hall–Kier alpha value is -2.86. The molecule has 0 radical (unpaired) electrons. The van der Waals surface area contributed by atoms with Crippen molar-refractivity contribution in [3.63, 3.8) is 0 Å². The summed E-state index contributed by atoms with van der Waals surface area (Å²) in [6, 6.07) is 19.1. The van der Waals surface area contributed by atoms with Gasteiger partial charge in [-0.15, -0.1) is 0 Å². The van der Waals surface area contributed by atoms with E-state index in [1.54, 1.807) is 11.9 Å². The first-order valence-electron chi connectivity index (χ1n) is 9.07. The van der Waals surface area contributed by atoms with Gasteiger partial charge in [-0.3, -0.25) is 9.69 Å². The molecule has 1 heterocycles. The van der Waals surface area contributed by atoms with Crippen LogP contribution in [-0.2, 0) is 16.1 Å². The van der Waals surface area contributed by atoms with Gasteiger partial charge in [-0.2, -0.15) is 0 Å². The molecule has 0 aromatic heterocycles. The summed E-state index contributed by atoms with van der Waals surface area (Å²) in [6.07, 6.45) is 0.620. The Balaban J connectivity index is 1.80. The van der Waals surface area contributed by atoms with Crippen molar-refractivity contribution < 1.29 is 14.3 Å². The Morgan fingerprint density at radius 2 is 1.78 bits per heavy atom. The predicted molar refractivity (Wildman–Crippen MR) is 103 cm³/mol. The van der Waals surface area contributed by atoms with Crippen molar-refractivity contribution >= 4 is 12.0 Å². The average molecular weight is 367 g/mol. The smallest absolute Gasteiger partial charge is 0.410 e. The van der Waals surface area contributed by atoms with Gasteiger partial charge >= 0.3 is 6.09 Å². The highest BCUT2D eigenvalue weighted by Crippen LogP contribution is 2.35. The Bertz CT molecular complexity index is 782. The molecular weight excluding hydrogens is 342 g/mol. The van der Waals surface area contributed by atoms with Crippen LogP contribution in [0.15, 0.2) is 60.7 Å². The second-order valence-electron chi connectivity index (χ2n) is 6.87. The van der Waals surface area contributed by atoms with E-state index in [0.29, 0.717) is 12.8 Å². The molecule has 2 unspecified atom stereocenters. The molecule has 3 rings (SSSR count). The fraction of sp³-hybridized carbons (Fsp3) is 0.333. The monoisotopic (exact) mass is 367 g/mol. The summed E-state index contributed by atoms with van der Waals surface area (Å²) in [4.78, 5) is 26.7. The van der Waals surface area contributed by atoms with E-state index in [1.165, 1.54) is 0 Å². The molecule has 27 heavy (non-hydrogen) atoms. The molecule has 0 aliphatic carbocycles. The number of nitrogens with one attached hydrogen (secondary N) is 1. The molecule has 1 aliphatic heterocycles. The van der Waals surface area contributed by atoms with E-state index in [1.807, 2.05) is 60.7 Å². The maximum Gasteiger partial charge on any atom is 0.410 e. The minimum absolute atomic E-state index is 0.111. The molecule has 2 amide bonds. The first-order chi connectivity index (χ1) is 13.0. The maximum atomic E-state index is 12.9. The lowest BCUT2D eigenvalue weighted by atomic mass is 9.83. The van der Waals surface area contributed by atoms with E-state index in [4.69, 9.17) is 10.5 Å². The summed E-state index contributed by atoms with van der Waals surface area (Å²) in [7, 11) is 1.55. The van der Waals surface area contributed by atoms with E-state index in [9.17, 15) is 9.59 Å². The van der Waals surface area contributed by atoms with Gasteiger partial charge in [0.2, 0.25) is 5.91 Å². The number of hydrogen-bond donors (Lipinski definition) is 2. The summed E-state index contributed by atoms with van der Waals surface area (Å²) in [5.41, 5.74) is 7.12. The van der Waals surface area contributed by atoms with Crippen LogP contribution in [0.4, 0.5) is 4.79 Å². The van der Waals surface area contributed by atoms with Gasteiger partial charge in [-0.05, 0) is 24.0 Å². The summed E-state index contributed by atoms with van der Waals surface area (Å²) in [5, 5.41) is 2.60. The van der Waals surface area contributed by atoms with Gasteiger partial charge in [0.25, 0.3) is 0 Å². The lowest BCUT2D eigenvalue weighted by molar-refractivity contribution is -0.128. The Morgan fingerprint density at radius 1 is 1.15 bits per heavy atom. The highest BCUT2D eigenvalue weighted by molar-refractivity contribution is 5.87. The summed E-state index contributed by atoms with van der Waals surface area (Å²) < 4.78 is 5.53. The van der Waals surface area contributed by atoms with Crippen LogP contribution in [0.5, 0.6) is 0 Å². The number of benzene rings is 2. The van der Waals surface area contributed by atoms with Crippen LogP contribution < -0.4 is 11.1 Å². The molecule has 142 valence electrons.